The third-order valence-corrected chi connectivity index (χ3v) is 2.68. The van der Waals surface area contributed by atoms with E-state index in [-0.39, 0.29) is 0 Å². The Bertz CT molecular complexity index is 495. The molecule has 0 spiro atoms. The fourth-order valence-corrected chi connectivity index (χ4v) is 1.75. The lowest BCUT2D eigenvalue weighted by molar-refractivity contribution is 0.414. The van der Waals surface area contributed by atoms with E-state index < -0.39 is 0 Å². The first-order valence-electron chi connectivity index (χ1n) is 5.97. The van der Waals surface area contributed by atoms with Crippen LogP contribution < -0.4 is 10.1 Å². The van der Waals surface area contributed by atoms with Crippen LogP contribution in [0.2, 0.25) is 0 Å². The van der Waals surface area contributed by atoms with Gasteiger partial charge in [0, 0.05) is 19.8 Å². The van der Waals surface area contributed by atoms with Crippen LogP contribution in [0, 0.1) is 0 Å². The fraction of sp³-hybridized carbons (Fsp3) is 0.385. The summed E-state index contributed by atoms with van der Waals surface area (Å²) in [5.41, 5.74) is 2.23. The molecule has 2 rings (SSSR count). The molecule has 18 heavy (non-hydrogen) atoms. The number of hydrogen-bond acceptors (Lipinski definition) is 4. The van der Waals surface area contributed by atoms with Crippen LogP contribution in [0.3, 0.4) is 0 Å². The first-order valence-corrected chi connectivity index (χ1v) is 5.97. The van der Waals surface area contributed by atoms with E-state index in [1.165, 1.54) is 5.56 Å². The fourth-order valence-electron chi connectivity index (χ4n) is 1.75. The van der Waals surface area contributed by atoms with Gasteiger partial charge in [-0.2, -0.15) is 0 Å². The molecule has 0 aliphatic carbocycles. The second-order valence-corrected chi connectivity index (χ2v) is 4.16. The molecule has 5 nitrogen and oxygen atoms in total. The average molecular weight is 246 g/mol. The maximum atomic E-state index is 5.19. The smallest absolute Gasteiger partial charge is 0.119 e. The summed E-state index contributed by atoms with van der Waals surface area (Å²) in [6, 6.07) is 8.13. The number of nitrogens with zero attached hydrogens (tertiary/aromatic N) is 3. The van der Waals surface area contributed by atoms with Crippen LogP contribution in [0.5, 0.6) is 5.75 Å². The van der Waals surface area contributed by atoms with Crippen molar-refractivity contribution in [1.29, 1.82) is 0 Å². The van der Waals surface area contributed by atoms with Crippen molar-refractivity contribution in [2.75, 3.05) is 13.7 Å². The van der Waals surface area contributed by atoms with Gasteiger partial charge in [-0.25, -0.2) is 0 Å². The maximum Gasteiger partial charge on any atom is 0.119 e. The van der Waals surface area contributed by atoms with Crippen LogP contribution in [0.4, 0.5) is 0 Å². The number of rotatable bonds is 6. The standard InChI is InChI=1S/C13H18N4O/c1-17-10-12(15-16-17)9-14-7-6-11-4-3-5-13(8-11)18-2/h3-5,8,10,14H,6-7,9H2,1-2H3. The second kappa shape index (κ2) is 6.16. The average Bonchev–Trinajstić information content (AvgIpc) is 2.81. The molecule has 5 heteroatoms. The van der Waals surface area contributed by atoms with Crippen LogP contribution in [-0.2, 0) is 20.0 Å². The van der Waals surface area contributed by atoms with E-state index in [0.29, 0.717) is 0 Å². The summed E-state index contributed by atoms with van der Waals surface area (Å²) in [6.45, 7) is 1.65. The lowest BCUT2D eigenvalue weighted by atomic mass is 10.1. The molecule has 1 N–H and O–H groups in total. The van der Waals surface area contributed by atoms with Gasteiger partial charge in [0.05, 0.1) is 12.8 Å². The van der Waals surface area contributed by atoms with Gasteiger partial charge in [-0.15, -0.1) is 5.10 Å². The van der Waals surface area contributed by atoms with Crippen molar-refractivity contribution in [1.82, 2.24) is 20.3 Å². The van der Waals surface area contributed by atoms with Gasteiger partial charge in [-0.3, -0.25) is 4.68 Å². The lowest BCUT2D eigenvalue weighted by Gasteiger charge is -2.05. The van der Waals surface area contributed by atoms with E-state index in [0.717, 1.165) is 31.0 Å². The third-order valence-electron chi connectivity index (χ3n) is 2.68. The Balaban J connectivity index is 1.74. The minimum atomic E-state index is 0.748. The summed E-state index contributed by atoms with van der Waals surface area (Å²) in [5.74, 6) is 0.904. The van der Waals surface area contributed by atoms with Gasteiger partial charge in [0.2, 0.25) is 0 Å². The van der Waals surface area contributed by atoms with E-state index in [4.69, 9.17) is 4.74 Å². The molecule has 96 valence electrons. The zero-order valence-corrected chi connectivity index (χ0v) is 10.8. The number of hydrogen-bond donors (Lipinski definition) is 1. The van der Waals surface area contributed by atoms with Crippen molar-refractivity contribution < 1.29 is 4.74 Å². The highest BCUT2D eigenvalue weighted by molar-refractivity contribution is 5.28. The predicted molar refractivity (Wildman–Crippen MR) is 69.4 cm³/mol. The molecule has 0 aliphatic heterocycles. The molecule has 1 aromatic carbocycles. The molecule has 1 heterocycles. The van der Waals surface area contributed by atoms with Gasteiger partial charge in [-0.1, -0.05) is 17.3 Å². The van der Waals surface area contributed by atoms with Gasteiger partial charge in [-0.05, 0) is 30.7 Å². The van der Waals surface area contributed by atoms with Crippen LogP contribution >= 0.6 is 0 Å². The summed E-state index contributed by atoms with van der Waals surface area (Å²) in [7, 11) is 3.55. The number of methoxy groups -OCH3 is 1. The Hall–Kier alpha value is -1.88. The Labute approximate surface area is 107 Å². The van der Waals surface area contributed by atoms with E-state index in [2.05, 4.69) is 27.8 Å². The van der Waals surface area contributed by atoms with E-state index in [1.54, 1.807) is 11.8 Å². The van der Waals surface area contributed by atoms with Crippen LogP contribution in [0.15, 0.2) is 30.5 Å². The molecule has 0 saturated heterocycles. The van der Waals surface area contributed by atoms with E-state index >= 15 is 0 Å². The number of ether oxygens (including phenoxy) is 1. The van der Waals surface area contributed by atoms with Crippen LogP contribution in [-0.4, -0.2) is 28.6 Å². The molecule has 0 fully saturated rings. The Kier molecular flexibility index (Phi) is 4.30. The number of aryl methyl sites for hydroxylation is 1. The number of nitrogens with one attached hydrogen (secondary N) is 1. The van der Waals surface area contributed by atoms with Crippen LogP contribution in [0.25, 0.3) is 0 Å². The third kappa shape index (κ3) is 3.56. The first-order chi connectivity index (χ1) is 8.78. The molecule has 0 bridgehead atoms. The van der Waals surface area contributed by atoms with Crippen molar-refractivity contribution in [3.05, 3.63) is 41.7 Å². The summed E-state index contributed by atoms with van der Waals surface area (Å²) in [6.07, 6.45) is 2.88. The van der Waals surface area contributed by atoms with Crippen molar-refractivity contribution in [2.45, 2.75) is 13.0 Å². The number of aromatic nitrogens is 3. The van der Waals surface area contributed by atoms with Gasteiger partial charge >= 0.3 is 0 Å². The Morgan fingerprint density at radius 2 is 2.28 bits per heavy atom. The molecule has 0 unspecified atom stereocenters. The van der Waals surface area contributed by atoms with E-state index in [1.807, 2.05) is 25.4 Å². The SMILES string of the molecule is COc1cccc(CCNCc2cn(C)nn2)c1. The molecule has 0 aliphatic rings. The van der Waals surface area contributed by atoms with Crippen molar-refractivity contribution in [2.24, 2.45) is 7.05 Å². The Morgan fingerprint density at radius 3 is 3.00 bits per heavy atom. The molecular formula is C13H18N4O. The molecule has 2 aromatic rings. The zero-order chi connectivity index (χ0) is 12.8. The Morgan fingerprint density at radius 1 is 1.39 bits per heavy atom. The molecule has 1 aromatic heterocycles. The molecule has 0 radical (unpaired) electrons. The zero-order valence-electron chi connectivity index (χ0n) is 10.8. The topological polar surface area (TPSA) is 52.0 Å². The normalized spacial score (nSPS) is 10.6. The summed E-state index contributed by atoms with van der Waals surface area (Å²) in [5, 5.41) is 11.2. The van der Waals surface area contributed by atoms with Gasteiger partial charge in [0.25, 0.3) is 0 Å². The lowest BCUT2D eigenvalue weighted by Crippen LogP contribution is -2.16. The highest BCUT2D eigenvalue weighted by atomic mass is 16.5. The highest BCUT2D eigenvalue weighted by Gasteiger charge is 1.98. The maximum absolute atomic E-state index is 5.19. The second-order valence-electron chi connectivity index (χ2n) is 4.16. The van der Waals surface area contributed by atoms with E-state index in [9.17, 15) is 0 Å². The van der Waals surface area contributed by atoms with Gasteiger partial charge < -0.3 is 10.1 Å². The van der Waals surface area contributed by atoms with Gasteiger partial charge in [0.1, 0.15) is 5.75 Å². The molecule has 0 amide bonds. The van der Waals surface area contributed by atoms with Crippen molar-refractivity contribution >= 4 is 0 Å². The van der Waals surface area contributed by atoms with Crippen molar-refractivity contribution in [3.8, 4) is 5.75 Å². The monoisotopic (exact) mass is 246 g/mol. The summed E-state index contributed by atoms with van der Waals surface area (Å²) >= 11 is 0. The quantitative estimate of drug-likeness (QED) is 0.777. The minimum Gasteiger partial charge on any atom is -0.497 e. The first kappa shape index (κ1) is 12.6. The molecule has 0 atom stereocenters. The minimum absolute atomic E-state index is 0.748. The molecular weight excluding hydrogens is 228 g/mol. The summed E-state index contributed by atoms with van der Waals surface area (Å²) < 4.78 is 6.90. The molecule has 0 saturated carbocycles. The summed E-state index contributed by atoms with van der Waals surface area (Å²) in [4.78, 5) is 0. The largest absolute Gasteiger partial charge is 0.497 e. The van der Waals surface area contributed by atoms with Crippen LogP contribution in [0.1, 0.15) is 11.3 Å². The van der Waals surface area contributed by atoms with Gasteiger partial charge in [0.15, 0.2) is 0 Å². The van der Waals surface area contributed by atoms with Crippen molar-refractivity contribution in [3.63, 3.8) is 0 Å². The number of benzene rings is 1. The predicted octanol–water partition coefficient (Wildman–Crippen LogP) is 1.16. The highest BCUT2D eigenvalue weighted by Crippen LogP contribution is 2.12.